The average Bonchev–Trinajstić information content (AvgIpc) is 2.97. The summed E-state index contributed by atoms with van der Waals surface area (Å²) in [6.07, 6.45) is 1.79. The second kappa shape index (κ2) is 7.38. The maximum atomic E-state index is 11.8. The number of hydrogen-bond donors (Lipinski definition) is 2. The molecule has 0 radical (unpaired) electrons. The van der Waals surface area contributed by atoms with Crippen molar-refractivity contribution in [2.24, 2.45) is 0 Å². The monoisotopic (exact) mass is 303 g/mol. The zero-order chi connectivity index (χ0) is 15.1. The van der Waals surface area contributed by atoms with E-state index in [9.17, 15) is 9.90 Å². The molecule has 4 heteroatoms. The fraction of sp³-hybridized carbons (Fsp3) is 0.353. The lowest BCUT2D eigenvalue weighted by atomic mass is 9.96. The van der Waals surface area contributed by atoms with E-state index in [2.05, 4.69) is 5.32 Å². The van der Waals surface area contributed by atoms with Gasteiger partial charge in [0.2, 0.25) is 5.91 Å². The highest BCUT2D eigenvalue weighted by Crippen LogP contribution is 2.13. The fourth-order valence-electron chi connectivity index (χ4n) is 2.08. The minimum atomic E-state index is -0.889. The number of hydrogen-bond acceptors (Lipinski definition) is 3. The van der Waals surface area contributed by atoms with Gasteiger partial charge in [0, 0.05) is 6.54 Å². The fourth-order valence-corrected chi connectivity index (χ4v) is 2.75. The normalized spacial score (nSPS) is 13.6. The predicted octanol–water partition coefficient (Wildman–Crippen LogP) is 2.79. The third-order valence-corrected chi connectivity index (χ3v) is 4.14. The molecule has 0 aliphatic rings. The van der Waals surface area contributed by atoms with Crippen LogP contribution in [0.25, 0.3) is 0 Å². The van der Waals surface area contributed by atoms with Crippen molar-refractivity contribution >= 4 is 17.2 Å². The quantitative estimate of drug-likeness (QED) is 0.826. The second-order valence-corrected chi connectivity index (χ2v) is 6.35. The first-order valence-corrected chi connectivity index (χ1v) is 8.03. The van der Waals surface area contributed by atoms with Gasteiger partial charge in [-0.25, -0.2) is 0 Å². The van der Waals surface area contributed by atoms with Gasteiger partial charge in [0.15, 0.2) is 0 Å². The molecule has 0 aliphatic carbocycles. The van der Waals surface area contributed by atoms with Crippen LogP contribution in [0.2, 0.25) is 0 Å². The lowest BCUT2D eigenvalue weighted by molar-refractivity contribution is -0.121. The zero-order valence-electron chi connectivity index (χ0n) is 12.2. The van der Waals surface area contributed by atoms with Crippen molar-refractivity contribution in [1.29, 1.82) is 0 Å². The van der Waals surface area contributed by atoms with Crippen molar-refractivity contribution in [3.05, 3.63) is 58.3 Å². The molecule has 0 saturated heterocycles. The van der Waals surface area contributed by atoms with Gasteiger partial charge in [-0.05, 0) is 47.7 Å². The summed E-state index contributed by atoms with van der Waals surface area (Å²) in [7, 11) is 0. The van der Waals surface area contributed by atoms with Gasteiger partial charge in [-0.3, -0.25) is 4.79 Å². The lowest BCUT2D eigenvalue weighted by Crippen LogP contribution is -2.41. The molecule has 0 saturated carbocycles. The van der Waals surface area contributed by atoms with Crippen LogP contribution in [-0.4, -0.2) is 23.2 Å². The van der Waals surface area contributed by atoms with E-state index in [1.54, 1.807) is 18.3 Å². The van der Waals surface area contributed by atoms with Crippen molar-refractivity contribution in [2.75, 3.05) is 6.54 Å². The molecule has 1 aromatic carbocycles. The summed E-state index contributed by atoms with van der Waals surface area (Å²) in [5.74, 6) is -0.0478. The summed E-state index contributed by atoms with van der Waals surface area (Å²) in [5.41, 5.74) is 1.32. The average molecular weight is 303 g/mol. The van der Waals surface area contributed by atoms with Crippen LogP contribution < -0.4 is 5.32 Å². The van der Waals surface area contributed by atoms with Crippen LogP contribution in [0, 0.1) is 0 Å². The highest BCUT2D eigenvalue weighted by Gasteiger charge is 2.21. The van der Waals surface area contributed by atoms with E-state index in [0.29, 0.717) is 12.8 Å². The van der Waals surface area contributed by atoms with Gasteiger partial charge >= 0.3 is 0 Å². The summed E-state index contributed by atoms with van der Waals surface area (Å²) in [6.45, 7) is 2.05. The van der Waals surface area contributed by atoms with E-state index in [-0.39, 0.29) is 12.5 Å². The molecular formula is C17H21NO2S. The third-order valence-electron chi connectivity index (χ3n) is 3.41. The number of carbonyl (C=O) groups is 1. The highest BCUT2D eigenvalue weighted by molar-refractivity contribution is 7.07. The molecule has 112 valence electrons. The molecular weight excluding hydrogens is 282 g/mol. The third kappa shape index (κ3) is 5.69. The molecule has 21 heavy (non-hydrogen) atoms. The number of benzene rings is 1. The molecule has 0 bridgehead atoms. The Labute approximate surface area is 129 Å². The van der Waals surface area contributed by atoms with Crippen LogP contribution in [0.5, 0.6) is 0 Å². The van der Waals surface area contributed by atoms with Gasteiger partial charge in [-0.2, -0.15) is 11.3 Å². The number of amides is 1. The minimum Gasteiger partial charge on any atom is -0.388 e. The van der Waals surface area contributed by atoms with Crippen molar-refractivity contribution in [3.63, 3.8) is 0 Å². The summed E-state index contributed by atoms with van der Waals surface area (Å²) in [5, 5.41) is 17.1. The van der Waals surface area contributed by atoms with Crippen molar-refractivity contribution in [3.8, 4) is 0 Å². The van der Waals surface area contributed by atoms with Crippen molar-refractivity contribution < 1.29 is 9.90 Å². The molecule has 1 atom stereocenters. The molecule has 2 N–H and O–H groups in total. The van der Waals surface area contributed by atoms with Crippen LogP contribution in [-0.2, 0) is 17.6 Å². The Morgan fingerprint density at radius 1 is 1.24 bits per heavy atom. The zero-order valence-corrected chi connectivity index (χ0v) is 13.0. The maximum absolute atomic E-state index is 11.8. The van der Waals surface area contributed by atoms with Crippen LogP contribution >= 0.6 is 11.3 Å². The number of thiophene rings is 1. The smallest absolute Gasteiger partial charge is 0.224 e. The molecule has 1 aromatic heterocycles. The summed E-state index contributed by atoms with van der Waals surface area (Å²) >= 11 is 1.58. The van der Waals surface area contributed by atoms with E-state index in [0.717, 1.165) is 12.0 Å². The predicted molar refractivity (Wildman–Crippen MR) is 86.4 cm³/mol. The summed E-state index contributed by atoms with van der Waals surface area (Å²) in [4.78, 5) is 11.8. The first-order chi connectivity index (χ1) is 10.1. The molecule has 0 spiro atoms. The van der Waals surface area contributed by atoms with Gasteiger partial charge in [-0.1, -0.05) is 30.3 Å². The number of aliphatic hydroxyl groups is 1. The van der Waals surface area contributed by atoms with Crippen LogP contribution in [0.4, 0.5) is 0 Å². The Hall–Kier alpha value is -1.65. The van der Waals surface area contributed by atoms with E-state index in [4.69, 9.17) is 0 Å². The van der Waals surface area contributed by atoms with Crippen LogP contribution in [0.15, 0.2) is 47.2 Å². The largest absolute Gasteiger partial charge is 0.388 e. The lowest BCUT2D eigenvalue weighted by Gasteiger charge is -2.23. The van der Waals surface area contributed by atoms with Gasteiger partial charge < -0.3 is 10.4 Å². The van der Waals surface area contributed by atoms with Gasteiger partial charge in [-0.15, -0.1) is 0 Å². The maximum Gasteiger partial charge on any atom is 0.224 e. The van der Waals surface area contributed by atoms with E-state index >= 15 is 0 Å². The van der Waals surface area contributed by atoms with Gasteiger partial charge in [0.1, 0.15) is 0 Å². The minimum absolute atomic E-state index is 0.0478. The molecule has 0 unspecified atom stereocenters. The van der Waals surface area contributed by atoms with Crippen molar-refractivity contribution in [2.45, 2.75) is 31.8 Å². The first-order valence-electron chi connectivity index (χ1n) is 7.09. The molecule has 0 fully saturated rings. The van der Waals surface area contributed by atoms with Crippen LogP contribution in [0.3, 0.4) is 0 Å². The van der Waals surface area contributed by atoms with E-state index in [1.807, 2.05) is 47.2 Å². The van der Waals surface area contributed by atoms with Gasteiger partial charge in [0.25, 0.3) is 0 Å². The Bertz CT molecular complexity index is 549. The topological polar surface area (TPSA) is 49.3 Å². The molecule has 1 amide bonds. The molecule has 2 rings (SSSR count). The van der Waals surface area contributed by atoms with Gasteiger partial charge in [0.05, 0.1) is 12.0 Å². The SMILES string of the molecule is C[C@@](O)(CCc1ccccc1)CNC(=O)Cc1ccsc1. The second-order valence-electron chi connectivity index (χ2n) is 5.57. The van der Waals surface area contributed by atoms with Crippen LogP contribution in [0.1, 0.15) is 24.5 Å². The highest BCUT2D eigenvalue weighted by atomic mass is 32.1. The Morgan fingerprint density at radius 3 is 2.67 bits per heavy atom. The van der Waals surface area contributed by atoms with E-state index in [1.165, 1.54) is 5.56 Å². The first kappa shape index (κ1) is 15.7. The number of carbonyl (C=O) groups excluding carboxylic acids is 1. The molecule has 3 nitrogen and oxygen atoms in total. The number of nitrogens with one attached hydrogen (secondary N) is 1. The number of aryl methyl sites for hydroxylation is 1. The molecule has 1 heterocycles. The Kier molecular flexibility index (Phi) is 5.53. The van der Waals surface area contributed by atoms with E-state index < -0.39 is 5.60 Å². The Balaban J connectivity index is 1.74. The Morgan fingerprint density at radius 2 is 2.00 bits per heavy atom. The standard InChI is InChI=1S/C17H21NO2S/c1-17(20,9-7-14-5-3-2-4-6-14)13-18-16(19)11-15-8-10-21-12-15/h2-6,8,10,12,20H,7,9,11,13H2,1H3,(H,18,19)/t17-/m1/s1. The molecule has 0 aliphatic heterocycles. The summed E-state index contributed by atoms with van der Waals surface area (Å²) < 4.78 is 0. The van der Waals surface area contributed by atoms with Crippen molar-refractivity contribution in [1.82, 2.24) is 5.32 Å². The number of rotatable bonds is 7. The summed E-state index contributed by atoms with van der Waals surface area (Å²) in [6, 6.07) is 12.0. The molecule has 2 aromatic rings.